The van der Waals surface area contributed by atoms with Gasteiger partial charge in [0, 0.05) is 18.3 Å². The zero-order chi connectivity index (χ0) is 14.6. The fourth-order valence-corrected chi connectivity index (χ4v) is 2.21. The van der Waals surface area contributed by atoms with Gasteiger partial charge in [0.25, 0.3) is 7.82 Å². The number of phosphoric ester groups is 1. The minimum atomic E-state index is -4.97. The Morgan fingerprint density at radius 1 is 1.68 bits per heavy atom. The molecular formula is C8H13N3O7P-. The van der Waals surface area contributed by atoms with E-state index in [-0.39, 0.29) is 6.42 Å². The lowest BCUT2D eigenvalue weighted by molar-refractivity contribution is -0.258. The van der Waals surface area contributed by atoms with Gasteiger partial charge in [0.15, 0.2) is 6.29 Å². The minimum Gasteiger partial charge on any atom is -0.756 e. The van der Waals surface area contributed by atoms with Crippen molar-refractivity contribution in [2.45, 2.75) is 44.8 Å². The summed E-state index contributed by atoms with van der Waals surface area (Å²) >= 11 is 0. The second-order valence-corrected chi connectivity index (χ2v) is 5.07. The lowest BCUT2D eigenvalue weighted by Gasteiger charge is -2.38. The first kappa shape index (κ1) is 15.9. The number of phosphoric acid groups is 1. The van der Waals surface area contributed by atoms with Gasteiger partial charge in [-0.2, -0.15) is 0 Å². The van der Waals surface area contributed by atoms with Crippen LogP contribution < -0.4 is 4.89 Å². The van der Waals surface area contributed by atoms with E-state index < -0.39 is 38.3 Å². The summed E-state index contributed by atoms with van der Waals surface area (Å²) in [5.74, 6) is -0.588. The Bertz CT molecular complexity index is 432. The third kappa shape index (κ3) is 5.15. The molecule has 19 heavy (non-hydrogen) atoms. The fourth-order valence-electron chi connectivity index (χ4n) is 1.78. The molecule has 0 aromatic rings. The van der Waals surface area contributed by atoms with Crippen molar-refractivity contribution in [1.29, 1.82) is 0 Å². The molecule has 11 heteroatoms. The van der Waals surface area contributed by atoms with Crippen LogP contribution in [0.25, 0.3) is 10.4 Å². The molecule has 1 heterocycles. The molecule has 0 aromatic carbocycles. The Morgan fingerprint density at radius 3 is 2.79 bits per heavy atom. The summed E-state index contributed by atoms with van der Waals surface area (Å²) in [6.45, 7) is 2.68. The van der Waals surface area contributed by atoms with Crippen LogP contribution in [0.1, 0.15) is 20.3 Å². The molecule has 0 saturated carbocycles. The molecule has 108 valence electrons. The molecule has 1 saturated heterocycles. The molecule has 1 fully saturated rings. The molecule has 1 N–H and O–H groups in total. The first-order chi connectivity index (χ1) is 8.73. The summed E-state index contributed by atoms with van der Waals surface area (Å²) in [5, 5.41) is 3.42. The SMILES string of the molecule is CC(=O)O[C@H]1[C@@H](N=[N+]=[N-])C[C@@H](OP(=O)([O-])O)O[C@H]1C. The summed E-state index contributed by atoms with van der Waals surface area (Å²) in [4.78, 5) is 32.7. The van der Waals surface area contributed by atoms with Gasteiger partial charge < -0.3 is 19.3 Å². The number of esters is 1. The van der Waals surface area contributed by atoms with E-state index in [4.69, 9.17) is 19.9 Å². The van der Waals surface area contributed by atoms with E-state index in [1.807, 2.05) is 0 Å². The molecule has 10 nitrogen and oxygen atoms in total. The molecule has 0 aliphatic carbocycles. The molecule has 1 rings (SSSR count). The maximum atomic E-state index is 10.9. The lowest BCUT2D eigenvalue weighted by Crippen LogP contribution is -2.48. The van der Waals surface area contributed by atoms with Crippen LogP contribution >= 0.6 is 7.82 Å². The van der Waals surface area contributed by atoms with E-state index >= 15 is 0 Å². The maximum absolute atomic E-state index is 10.9. The summed E-state index contributed by atoms with van der Waals surface area (Å²) in [7, 11) is -4.97. The van der Waals surface area contributed by atoms with E-state index in [1.165, 1.54) is 13.8 Å². The molecule has 0 aromatic heterocycles. The first-order valence-electron chi connectivity index (χ1n) is 5.32. The van der Waals surface area contributed by atoms with Crippen LogP contribution in [0, 0.1) is 0 Å². The number of hydrogen-bond donors (Lipinski definition) is 1. The Hall–Kier alpha value is -1.15. The van der Waals surface area contributed by atoms with E-state index in [2.05, 4.69) is 14.5 Å². The predicted molar refractivity (Wildman–Crippen MR) is 58.4 cm³/mol. The molecule has 0 bridgehead atoms. The van der Waals surface area contributed by atoms with E-state index in [9.17, 15) is 14.3 Å². The number of hydrogen-bond acceptors (Lipinski definition) is 7. The van der Waals surface area contributed by atoms with Crippen molar-refractivity contribution in [3.05, 3.63) is 10.4 Å². The molecule has 0 radical (unpaired) electrons. The molecule has 0 spiro atoms. The minimum absolute atomic E-state index is 0.168. The molecule has 1 unspecified atom stereocenters. The van der Waals surface area contributed by atoms with Gasteiger partial charge in [0.05, 0.1) is 12.1 Å². The Kier molecular flexibility index (Phi) is 5.30. The normalized spacial score (nSPS) is 33.9. The maximum Gasteiger partial charge on any atom is 0.303 e. The molecule has 1 aliphatic rings. The summed E-state index contributed by atoms with van der Waals surface area (Å²) in [6.07, 6.45) is -3.08. The van der Waals surface area contributed by atoms with Crippen molar-refractivity contribution in [2.75, 3.05) is 0 Å². The van der Waals surface area contributed by atoms with Gasteiger partial charge in [-0.05, 0) is 12.5 Å². The van der Waals surface area contributed by atoms with Crippen molar-refractivity contribution in [2.24, 2.45) is 5.11 Å². The monoisotopic (exact) mass is 294 g/mol. The van der Waals surface area contributed by atoms with E-state index in [0.717, 1.165) is 0 Å². The number of rotatable bonds is 4. The van der Waals surface area contributed by atoms with Crippen LogP contribution in [0.4, 0.5) is 0 Å². The van der Waals surface area contributed by atoms with Gasteiger partial charge in [-0.1, -0.05) is 5.11 Å². The second-order valence-electron chi connectivity index (χ2n) is 3.93. The number of azide groups is 1. The van der Waals surface area contributed by atoms with E-state index in [0.29, 0.717) is 0 Å². The Labute approximate surface area is 108 Å². The number of ether oxygens (including phenoxy) is 2. The van der Waals surface area contributed by atoms with Crippen molar-refractivity contribution in [1.82, 2.24) is 0 Å². The highest BCUT2D eigenvalue weighted by Gasteiger charge is 2.39. The highest BCUT2D eigenvalue weighted by atomic mass is 31.2. The summed E-state index contributed by atoms with van der Waals surface area (Å²) < 4.78 is 25.0. The summed E-state index contributed by atoms with van der Waals surface area (Å²) in [6, 6.07) is -0.853. The van der Waals surface area contributed by atoms with Gasteiger partial charge in [-0.25, -0.2) is 0 Å². The third-order valence-corrected chi connectivity index (χ3v) is 2.90. The van der Waals surface area contributed by atoms with Gasteiger partial charge in [-0.15, -0.1) is 0 Å². The zero-order valence-corrected chi connectivity index (χ0v) is 11.1. The van der Waals surface area contributed by atoms with Crippen LogP contribution in [-0.2, 0) is 23.4 Å². The average Bonchev–Trinajstić information content (AvgIpc) is 2.20. The average molecular weight is 294 g/mol. The molecule has 0 amide bonds. The van der Waals surface area contributed by atoms with Gasteiger partial charge >= 0.3 is 5.97 Å². The van der Waals surface area contributed by atoms with Crippen molar-refractivity contribution in [3.8, 4) is 0 Å². The largest absolute Gasteiger partial charge is 0.756 e. The topological polar surface area (TPSA) is 154 Å². The van der Waals surface area contributed by atoms with Gasteiger partial charge in [0.1, 0.15) is 6.10 Å². The Balaban J connectivity index is 2.82. The molecule has 5 atom stereocenters. The molecular weight excluding hydrogens is 281 g/mol. The first-order valence-corrected chi connectivity index (χ1v) is 6.81. The van der Waals surface area contributed by atoms with Gasteiger partial charge in [-0.3, -0.25) is 13.9 Å². The fraction of sp³-hybridized carbons (Fsp3) is 0.875. The number of carbonyl (C=O) groups excluding carboxylic acids is 1. The predicted octanol–water partition coefficient (Wildman–Crippen LogP) is 0.209. The third-order valence-electron chi connectivity index (χ3n) is 2.40. The van der Waals surface area contributed by atoms with Crippen LogP contribution in [0.15, 0.2) is 5.11 Å². The second kappa shape index (κ2) is 6.33. The smallest absolute Gasteiger partial charge is 0.303 e. The van der Waals surface area contributed by atoms with Crippen LogP contribution in [-0.4, -0.2) is 35.4 Å². The number of nitrogens with zero attached hydrogens (tertiary/aromatic N) is 3. The van der Waals surface area contributed by atoms with Crippen molar-refractivity contribution in [3.63, 3.8) is 0 Å². The Morgan fingerprint density at radius 2 is 2.32 bits per heavy atom. The number of carbonyl (C=O) groups is 1. The highest BCUT2D eigenvalue weighted by Crippen LogP contribution is 2.37. The van der Waals surface area contributed by atoms with Crippen LogP contribution in [0.2, 0.25) is 0 Å². The van der Waals surface area contributed by atoms with Crippen LogP contribution in [0.5, 0.6) is 0 Å². The highest BCUT2D eigenvalue weighted by molar-refractivity contribution is 7.44. The van der Waals surface area contributed by atoms with Crippen molar-refractivity contribution < 1.29 is 33.1 Å². The zero-order valence-electron chi connectivity index (χ0n) is 10.2. The standard InChI is InChI=1S/C8H14N3O7P/c1-4-8(17-5(2)12)6(10-11-9)3-7(16-4)18-19(13,14)15/h4,6-8H,3H2,1-2H3,(H2,13,14,15)/p-1/t4-,6-,7+,8+/m0/s1. The quantitative estimate of drug-likeness (QED) is 0.255. The van der Waals surface area contributed by atoms with Gasteiger partial charge in [0.2, 0.25) is 0 Å². The van der Waals surface area contributed by atoms with Crippen LogP contribution in [0.3, 0.4) is 0 Å². The molecule has 1 aliphatic heterocycles. The lowest BCUT2D eigenvalue weighted by atomic mass is 10.0. The van der Waals surface area contributed by atoms with Crippen molar-refractivity contribution >= 4 is 13.8 Å². The summed E-state index contributed by atoms with van der Waals surface area (Å²) in [5.41, 5.74) is 8.45. The van der Waals surface area contributed by atoms with E-state index in [1.54, 1.807) is 0 Å².